The molecule has 1 aliphatic heterocycles. The molecule has 0 bridgehead atoms. The Morgan fingerprint density at radius 2 is 2.14 bits per heavy atom. The number of rotatable bonds is 5. The molecule has 2 aromatic carbocycles. The van der Waals surface area contributed by atoms with Gasteiger partial charge in [-0.05, 0) is 60.5 Å². The molecule has 1 fully saturated rings. The minimum absolute atomic E-state index is 0.0200. The molecule has 1 aromatic heterocycles. The van der Waals surface area contributed by atoms with Gasteiger partial charge in [0.05, 0.1) is 11.7 Å². The Kier molecular flexibility index (Phi) is 5.92. The van der Waals surface area contributed by atoms with Crippen molar-refractivity contribution in [3.63, 3.8) is 0 Å². The first-order valence-electron chi connectivity index (χ1n) is 9.70. The molecule has 0 saturated carbocycles. The number of fused-ring (bicyclic) bond motifs is 1. The molecule has 2 heterocycles. The van der Waals surface area contributed by atoms with Crippen LogP contribution in [0.5, 0.6) is 0 Å². The molecule has 1 aliphatic rings. The number of hydrogen-bond acceptors (Lipinski definition) is 3. The van der Waals surface area contributed by atoms with Gasteiger partial charge in [0.2, 0.25) is 0 Å². The number of hydrogen-bond donors (Lipinski definition) is 0. The third-order valence-electron chi connectivity index (χ3n) is 5.26. The van der Waals surface area contributed by atoms with E-state index in [0.29, 0.717) is 19.7 Å². The summed E-state index contributed by atoms with van der Waals surface area (Å²) in [6.45, 7) is 3.53. The van der Waals surface area contributed by atoms with Crippen LogP contribution < -0.4 is 0 Å². The maximum Gasteiger partial charge on any atom is 0.257 e. The topological polar surface area (TPSA) is 42.4 Å². The van der Waals surface area contributed by atoms with Gasteiger partial charge in [-0.25, -0.2) is 4.39 Å². The lowest BCUT2D eigenvalue weighted by molar-refractivity contribution is 0.0503. The highest BCUT2D eigenvalue weighted by molar-refractivity contribution is 9.10. The van der Waals surface area contributed by atoms with Gasteiger partial charge in [0.15, 0.2) is 0 Å². The van der Waals surface area contributed by atoms with Gasteiger partial charge in [0.25, 0.3) is 5.91 Å². The first-order chi connectivity index (χ1) is 14.0. The number of aryl methyl sites for hydroxylation is 1. The van der Waals surface area contributed by atoms with E-state index in [2.05, 4.69) is 20.9 Å². The smallest absolute Gasteiger partial charge is 0.257 e. The molecule has 6 heteroatoms. The molecule has 0 spiro atoms. The Labute approximate surface area is 177 Å². The van der Waals surface area contributed by atoms with Crippen LogP contribution in [0.15, 0.2) is 53.3 Å². The average Bonchev–Trinajstić information content (AvgIpc) is 3.21. The van der Waals surface area contributed by atoms with E-state index in [0.717, 1.165) is 39.2 Å². The fourth-order valence-corrected chi connectivity index (χ4v) is 4.30. The van der Waals surface area contributed by atoms with E-state index in [9.17, 15) is 9.18 Å². The maximum atomic E-state index is 14.8. The van der Waals surface area contributed by atoms with Crippen molar-refractivity contribution < 1.29 is 13.9 Å². The molecule has 3 aromatic rings. The van der Waals surface area contributed by atoms with Crippen LogP contribution in [-0.2, 0) is 11.3 Å². The quantitative estimate of drug-likeness (QED) is 0.525. The summed E-state index contributed by atoms with van der Waals surface area (Å²) in [5.74, 6) is -0.856. The standard InChI is InChI=1S/C23H22BrFN2O2/c1-15-4-5-17(21(24)9-15)13-27(14-19-3-2-8-29-19)23(28)20-10-18-12-26-7-6-16(18)11-22(20)25/h4-7,9-12,19H,2-3,8,13-14H2,1H3. The zero-order valence-electron chi connectivity index (χ0n) is 16.2. The van der Waals surface area contributed by atoms with Crippen LogP contribution >= 0.6 is 15.9 Å². The SMILES string of the molecule is Cc1ccc(CN(CC2CCCO2)C(=O)c2cc3cnccc3cc2F)c(Br)c1. The molecule has 0 aliphatic carbocycles. The van der Waals surface area contributed by atoms with Crippen LogP contribution in [0, 0.1) is 12.7 Å². The van der Waals surface area contributed by atoms with E-state index < -0.39 is 5.82 Å². The summed E-state index contributed by atoms with van der Waals surface area (Å²) in [6.07, 6.45) is 5.13. The number of ether oxygens (including phenoxy) is 1. The summed E-state index contributed by atoms with van der Waals surface area (Å²) in [7, 11) is 0. The third kappa shape index (κ3) is 4.49. The van der Waals surface area contributed by atoms with E-state index in [4.69, 9.17) is 4.74 Å². The lowest BCUT2D eigenvalue weighted by Crippen LogP contribution is -2.37. The number of carbonyl (C=O) groups is 1. The zero-order valence-corrected chi connectivity index (χ0v) is 17.8. The summed E-state index contributed by atoms with van der Waals surface area (Å²) < 4.78 is 21.5. The second-order valence-corrected chi connectivity index (χ2v) is 8.32. The predicted molar refractivity (Wildman–Crippen MR) is 114 cm³/mol. The first kappa shape index (κ1) is 20.0. The van der Waals surface area contributed by atoms with Gasteiger partial charge in [-0.3, -0.25) is 9.78 Å². The number of nitrogens with zero attached hydrogens (tertiary/aromatic N) is 2. The molecule has 0 radical (unpaired) electrons. The fraction of sp³-hybridized carbons (Fsp3) is 0.304. The minimum Gasteiger partial charge on any atom is -0.376 e. The molecular formula is C23H22BrFN2O2. The molecule has 4 nitrogen and oxygen atoms in total. The second-order valence-electron chi connectivity index (χ2n) is 7.47. The molecular weight excluding hydrogens is 435 g/mol. The van der Waals surface area contributed by atoms with Gasteiger partial charge in [-0.2, -0.15) is 0 Å². The number of halogens is 2. The van der Waals surface area contributed by atoms with Crippen molar-refractivity contribution in [1.82, 2.24) is 9.88 Å². The van der Waals surface area contributed by atoms with Crippen LogP contribution in [0.3, 0.4) is 0 Å². The van der Waals surface area contributed by atoms with Crippen molar-refractivity contribution in [2.24, 2.45) is 0 Å². The molecule has 29 heavy (non-hydrogen) atoms. The van der Waals surface area contributed by atoms with E-state index in [1.54, 1.807) is 29.4 Å². The van der Waals surface area contributed by atoms with Gasteiger partial charge < -0.3 is 9.64 Å². The highest BCUT2D eigenvalue weighted by Crippen LogP contribution is 2.25. The largest absolute Gasteiger partial charge is 0.376 e. The summed E-state index contributed by atoms with van der Waals surface area (Å²) in [6, 6.07) is 10.8. The maximum absolute atomic E-state index is 14.8. The summed E-state index contributed by atoms with van der Waals surface area (Å²) in [5, 5.41) is 1.46. The van der Waals surface area contributed by atoms with Crippen molar-refractivity contribution in [2.75, 3.05) is 13.2 Å². The predicted octanol–water partition coefficient (Wildman–Crippen LogP) is 5.27. The van der Waals surface area contributed by atoms with Crippen LogP contribution in [0.4, 0.5) is 4.39 Å². The van der Waals surface area contributed by atoms with Crippen molar-refractivity contribution in [3.05, 3.63) is 75.8 Å². The molecule has 150 valence electrons. The summed E-state index contributed by atoms with van der Waals surface area (Å²) in [5.41, 5.74) is 2.17. The number of aromatic nitrogens is 1. The molecule has 0 N–H and O–H groups in total. The molecule has 1 atom stereocenters. The number of carbonyl (C=O) groups excluding carboxylic acids is 1. The van der Waals surface area contributed by atoms with Gasteiger partial charge in [-0.15, -0.1) is 0 Å². The Balaban J connectivity index is 1.67. The van der Waals surface area contributed by atoms with Crippen molar-refractivity contribution in [1.29, 1.82) is 0 Å². The average molecular weight is 457 g/mol. The monoisotopic (exact) mass is 456 g/mol. The lowest BCUT2D eigenvalue weighted by Gasteiger charge is -2.26. The minimum atomic E-state index is -0.519. The van der Waals surface area contributed by atoms with Gasteiger partial charge in [0, 0.05) is 41.9 Å². The van der Waals surface area contributed by atoms with Gasteiger partial charge in [0.1, 0.15) is 5.82 Å². The number of benzene rings is 2. The number of pyridine rings is 1. The lowest BCUT2D eigenvalue weighted by atomic mass is 10.1. The Morgan fingerprint density at radius 3 is 2.90 bits per heavy atom. The second kappa shape index (κ2) is 8.59. The van der Waals surface area contributed by atoms with Gasteiger partial charge >= 0.3 is 0 Å². The highest BCUT2D eigenvalue weighted by Gasteiger charge is 2.26. The molecule has 1 saturated heterocycles. The highest BCUT2D eigenvalue weighted by atomic mass is 79.9. The Bertz CT molecular complexity index is 1050. The van der Waals surface area contributed by atoms with E-state index in [1.165, 1.54) is 6.07 Å². The Hall–Kier alpha value is -2.31. The molecule has 1 amide bonds. The Morgan fingerprint density at radius 1 is 1.28 bits per heavy atom. The van der Waals surface area contributed by atoms with Crippen LogP contribution in [-0.4, -0.2) is 35.0 Å². The van der Waals surface area contributed by atoms with E-state index in [-0.39, 0.29) is 17.6 Å². The summed E-state index contributed by atoms with van der Waals surface area (Å²) in [4.78, 5) is 19.1. The van der Waals surface area contributed by atoms with Crippen LogP contribution in [0.1, 0.15) is 34.3 Å². The number of amides is 1. The third-order valence-corrected chi connectivity index (χ3v) is 6.00. The summed E-state index contributed by atoms with van der Waals surface area (Å²) >= 11 is 3.59. The van der Waals surface area contributed by atoms with Crippen molar-refractivity contribution in [3.8, 4) is 0 Å². The van der Waals surface area contributed by atoms with E-state index >= 15 is 0 Å². The van der Waals surface area contributed by atoms with Crippen molar-refractivity contribution >= 4 is 32.6 Å². The molecule has 1 unspecified atom stereocenters. The van der Waals surface area contributed by atoms with Crippen molar-refractivity contribution in [2.45, 2.75) is 32.4 Å². The van der Waals surface area contributed by atoms with Crippen LogP contribution in [0.2, 0.25) is 0 Å². The van der Waals surface area contributed by atoms with E-state index in [1.807, 2.05) is 25.1 Å². The van der Waals surface area contributed by atoms with Crippen LogP contribution in [0.25, 0.3) is 10.8 Å². The zero-order chi connectivity index (χ0) is 20.4. The molecule has 4 rings (SSSR count). The first-order valence-corrected chi connectivity index (χ1v) is 10.5. The van der Waals surface area contributed by atoms with Gasteiger partial charge in [-0.1, -0.05) is 28.1 Å². The fourth-order valence-electron chi connectivity index (χ4n) is 3.68. The normalized spacial score (nSPS) is 16.3.